The molecule has 0 radical (unpaired) electrons. The molecule has 0 aliphatic rings. The number of halogens is 2. The lowest BCUT2D eigenvalue weighted by Gasteiger charge is -2.15. The van der Waals surface area contributed by atoms with E-state index in [1.165, 1.54) is 6.92 Å². The van der Waals surface area contributed by atoms with Crippen LogP contribution in [0, 0.1) is 0 Å². The Balaban J connectivity index is 2.57. The lowest BCUT2D eigenvalue weighted by atomic mass is 10.2. The second kappa shape index (κ2) is 5.59. The molecule has 86 valence electrons. The highest BCUT2D eigenvalue weighted by atomic mass is 79.9. The van der Waals surface area contributed by atoms with Gasteiger partial charge >= 0.3 is 5.97 Å². The van der Waals surface area contributed by atoms with Crippen LogP contribution in [-0.4, -0.2) is 15.0 Å². The summed E-state index contributed by atoms with van der Waals surface area (Å²) >= 11 is 5.96. The Hall–Kier alpha value is -0.680. The van der Waals surface area contributed by atoms with Crippen molar-refractivity contribution in [2.75, 3.05) is 0 Å². The number of alkyl halides is 2. The van der Waals surface area contributed by atoms with Crippen LogP contribution in [0.1, 0.15) is 12.5 Å². The molecular weight excluding hydrogens is 340 g/mol. The van der Waals surface area contributed by atoms with Gasteiger partial charge in [0.15, 0.2) is 5.78 Å². The Morgan fingerprint density at radius 1 is 1.25 bits per heavy atom. The molecule has 0 aromatic heterocycles. The Morgan fingerprint density at radius 3 is 2.31 bits per heavy atom. The van der Waals surface area contributed by atoms with Crippen molar-refractivity contribution in [1.29, 1.82) is 0 Å². The lowest BCUT2D eigenvalue weighted by molar-refractivity contribution is -0.146. The zero-order valence-corrected chi connectivity index (χ0v) is 11.7. The number of benzene rings is 1. The van der Waals surface area contributed by atoms with Crippen LogP contribution >= 0.6 is 31.9 Å². The van der Waals surface area contributed by atoms with Gasteiger partial charge in [-0.1, -0.05) is 62.2 Å². The van der Waals surface area contributed by atoms with Gasteiger partial charge in [0.05, 0.1) is 0 Å². The smallest absolute Gasteiger partial charge is 0.341 e. The SMILES string of the molecule is CC(=O)C(Br)(Br)C(=O)OCc1ccccc1. The van der Waals surface area contributed by atoms with Gasteiger partial charge in [-0.2, -0.15) is 0 Å². The van der Waals surface area contributed by atoms with Crippen molar-refractivity contribution < 1.29 is 14.3 Å². The molecule has 1 aromatic rings. The number of carbonyl (C=O) groups excluding carboxylic acids is 2. The van der Waals surface area contributed by atoms with Crippen molar-refractivity contribution in [3.63, 3.8) is 0 Å². The highest BCUT2D eigenvalue weighted by Crippen LogP contribution is 2.29. The summed E-state index contributed by atoms with van der Waals surface area (Å²) in [5.41, 5.74) is 0.871. The monoisotopic (exact) mass is 348 g/mol. The number of carbonyl (C=O) groups is 2. The zero-order chi connectivity index (χ0) is 12.2. The van der Waals surface area contributed by atoms with E-state index in [0.29, 0.717) is 0 Å². The van der Waals surface area contributed by atoms with Crippen LogP contribution in [0.5, 0.6) is 0 Å². The Labute approximate surface area is 110 Å². The maximum Gasteiger partial charge on any atom is 0.341 e. The van der Waals surface area contributed by atoms with Gasteiger partial charge in [0.2, 0.25) is 3.23 Å². The van der Waals surface area contributed by atoms with E-state index in [1.807, 2.05) is 30.3 Å². The Morgan fingerprint density at radius 2 is 1.81 bits per heavy atom. The highest BCUT2D eigenvalue weighted by Gasteiger charge is 2.39. The van der Waals surface area contributed by atoms with E-state index in [2.05, 4.69) is 31.9 Å². The number of rotatable bonds is 4. The second-order valence-electron chi connectivity index (χ2n) is 3.19. The van der Waals surface area contributed by atoms with Gasteiger partial charge in [0.25, 0.3) is 0 Å². The standard InChI is InChI=1S/C11H10Br2O3/c1-8(14)11(12,13)10(15)16-7-9-5-3-2-4-6-9/h2-6H,7H2,1H3. The topological polar surface area (TPSA) is 43.4 Å². The summed E-state index contributed by atoms with van der Waals surface area (Å²) in [6.07, 6.45) is 0. The third-order valence-corrected chi connectivity index (χ3v) is 3.68. The molecule has 1 rings (SSSR count). The summed E-state index contributed by atoms with van der Waals surface area (Å²) in [4.78, 5) is 22.7. The molecule has 0 aliphatic heterocycles. The molecule has 0 amide bonds. The average Bonchev–Trinajstić information content (AvgIpc) is 2.27. The minimum absolute atomic E-state index is 0.145. The summed E-state index contributed by atoms with van der Waals surface area (Å²) in [5, 5.41) is 0. The normalized spacial score (nSPS) is 10.9. The zero-order valence-electron chi connectivity index (χ0n) is 8.57. The van der Waals surface area contributed by atoms with Gasteiger partial charge in [-0.15, -0.1) is 0 Å². The minimum atomic E-state index is -1.44. The fraction of sp³-hybridized carbons (Fsp3) is 0.273. The van der Waals surface area contributed by atoms with E-state index < -0.39 is 9.20 Å². The lowest BCUT2D eigenvalue weighted by Crippen LogP contribution is -2.34. The third-order valence-electron chi connectivity index (χ3n) is 1.91. The van der Waals surface area contributed by atoms with Crippen molar-refractivity contribution in [3.8, 4) is 0 Å². The molecule has 0 bridgehead atoms. The Bertz CT molecular complexity index is 387. The first-order chi connectivity index (χ1) is 7.44. The average molecular weight is 350 g/mol. The summed E-state index contributed by atoms with van der Waals surface area (Å²) in [7, 11) is 0. The molecular formula is C11H10Br2O3. The Kier molecular flexibility index (Phi) is 4.68. The van der Waals surface area contributed by atoms with Gasteiger partial charge in [-0.3, -0.25) is 4.79 Å². The summed E-state index contributed by atoms with van der Waals surface area (Å²) in [5.74, 6) is -1.01. The van der Waals surface area contributed by atoms with E-state index in [1.54, 1.807) is 0 Å². The van der Waals surface area contributed by atoms with Gasteiger partial charge in [0.1, 0.15) is 6.61 Å². The van der Waals surface area contributed by atoms with Gasteiger partial charge in [-0.05, 0) is 12.5 Å². The third kappa shape index (κ3) is 3.42. The molecule has 0 atom stereocenters. The highest BCUT2D eigenvalue weighted by molar-refractivity contribution is 9.26. The first kappa shape index (κ1) is 13.4. The van der Waals surface area contributed by atoms with Crippen LogP contribution < -0.4 is 0 Å². The van der Waals surface area contributed by atoms with Crippen LogP contribution in [-0.2, 0) is 20.9 Å². The molecule has 0 heterocycles. The largest absolute Gasteiger partial charge is 0.459 e. The van der Waals surface area contributed by atoms with Gasteiger partial charge in [0, 0.05) is 0 Å². The quantitative estimate of drug-likeness (QED) is 0.477. The summed E-state index contributed by atoms with van der Waals surface area (Å²) < 4.78 is 3.56. The van der Waals surface area contributed by atoms with Crippen molar-refractivity contribution in [1.82, 2.24) is 0 Å². The van der Waals surface area contributed by atoms with Crippen molar-refractivity contribution in [2.24, 2.45) is 0 Å². The van der Waals surface area contributed by atoms with E-state index in [9.17, 15) is 9.59 Å². The molecule has 1 aromatic carbocycles. The fourth-order valence-corrected chi connectivity index (χ4v) is 1.19. The molecule has 0 saturated carbocycles. The van der Waals surface area contributed by atoms with E-state index in [4.69, 9.17) is 4.74 Å². The number of esters is 1. The predicted octanol–water partition coefficient (Wildman–Crippen LogP) is 2.80. The molecule has 0 spiro atoms. The molecule has 16 heavy (non-hydrogen) atoms. The van der Waals surface area contributed by atoms with Crippen LogP contribution in [0.15, 0.2) is 30.3 Å². The van der Waals surface area contributed by atoms with E-state index >= 15 is 0 Å². The predicted molar refractivity (Wildman–Crippen MR) is 67.5 cm³/mol. The summed E-state index contributed by atoms with van der Waals surface area (Å²) in [6.45, 7) is 1.44. The van der Waals surface area contributed by atoms with Crippen LogP contribution in [0.25, 0.3) is 0 Å². The number of hydrogen-bond acceptors (Lipinski definition) is 3. The second-order valence-corrected chi connectivity index (χ2v) is 6.64. The molecule has 0 aliphatic carbocycles. The minimum Gasteiger partial charge on any atom is -0.459 e. The maximum absolute atomic E-state index is 11.5. The molecule has 0 saturated heterocycles. The molecule has 0 N–H and O–H groups in total. The van der Waals surface area contributed by atoms with E-state index in [-0.39, 0.29) is 12.4 Å². The number of ketones is 1. The molecule has 5 heteroatoms. The van der Waals surface area contributed by atoms with Crippen LogP contribution in [0.2, 0.25) is 0 Å². The van der Waals surface area contributed by atoms with Crippen molar-refractivity contribution in [3.05, 3.63) is 35.9 Å². The first-order valence-corrected chi connectivity index (χ1v) is 6.13. The van der Waals surface area contributed by atoms with Gasteiger partial charge < -0.3 is 4.74 Å². The van der Waals surface area contributed by atoms with Crippen LogP contribution in [0.4, 0.5) is 0 Å². The number of hydrogen-bond donors (Lipinski definition) is 0. The fourth-order valence-electron chi connectivity index (χ4n) is 0.957. The van der Waals surface area contributed by atoms with Crippen molar-refractivity contribution in [2.45, 2.75) is 16.8 Å². The molecule has 0 fully saturated rings. The van der Waals surface area contributed by atoms with Crippen molar-refractivity contribution >= 4 is 43.6 Å². The molecule has 3 nitrogen and oxygen atoms in total. The van der Waals surface area contributed by atoms with E-state index in [0.717, 1.165) is 5.56 Å². The maximum atomic E-state index is 11.5. The molecule has 0 unspecified atom stereocenters. The number of ether oxygens (including phenoxy) is 1. The van der Waals surface area contributed by atoms with Crippen LogP contribution in [0.3, 0.4) is 0 Å². The first-order valence-electron chi connectivity index (χ1n) is 4.54. The van der Waals surface area contributed by atoms with Gasteiger partial charge in [-0.25, -0.2) is 4.79 Å². The number of Topliss-reactive ketones (excluding diaryl/α,β-unsaturated/α-hetero) is 1. The summed E-state index contributed by atoms with van der Waals surface area (Å²) in [6, 6.07) is 9.25.